The Morgan fingerprint density at radius 2 is 1.77 bits per heavy atom. The summed E-state index contributed by atoms with van der Waals surface area (Å²) < 4.78 is 34.4. The topological polar surface area (TPSA) is 91.7 Å². The number of benzene rings is 2. The zero-order valence-electron chi connectivity index (χ0n) is 17.1. The van der Waals surface area contributed by atoms with Crippen molar-refractivity contribution >= 4 is 29.3 Å². The maximum Gasteiger partial charge on any atom is 0.387 e. The van der Waals surface area contributed by atoms with Crippen LogP contribution in [0.4, 0.5) is 20.2 Å². The zero-order valence-corrected chi connectivity index (χ0v) is 17.1. The van der Waals surface area contributed by atoms with Gasteiger partial charge in [-0.2, -0.15) is 14.0 Å². The molecule has 2 rings (SSSR count). The first kappa shape index (κ1) is 23.3. The zero-order chi connectivity index (χ0) is 23.0. The van der Waals surface area contributed by atoms with Crippen LogP contribution in [-0.2, 0) is 14.3 Å². The minimum atomic E-state index is -3.07. The molecule has 0 radical (unpaired) electrons. The van der Waals surface area contributed by atoms with Crippen LogP contribution >= 0.6 is 0 Å². The van der Waals surface area contributed by atoms with Crippen molar-refractivity contribution < 1.29 is 27.8 Å². The van der Waals surface area contributed by atoms with Gasteiger partial charge in [0, 0.05) is 19.8 Å². The van der Waals surface area contributed by atoms with Crippen molar-refractivity contribution in [3.05, 3.63) is 59.7 Å². The summed E-state index contributed by atoms with van der Waals surface area (Å²) in [6.45, 7) is -1.77. The van der Waals surface area contributed by atoms with Crippen molar-refractivity contribution in [1.29, 1.82) is 5.26 Å². The summed E-state index contributed by atoms with van der Waals surface area (Å²) in [7, 11) is 3.76. The molecule has 1 N–H and O–H groups in total. The molecule has 1 unspecified atom stereocenters. The Labute approximate surface area is 178 Å². The normalized spacial score (nSPS) is 12.0. The third-order valence-electron chi connectivity index (χ3n) is 4.07. The predicted molar refractivity (Wildman–Crippen MR) is 112 cm³/mol. The molecule has 0 aromatic heterocycles. The molecule has 2 aromatic rings. The van der Waals surface area contributed by atoms with E-state index in [2.05, 4.69) is 10.1 Å². The number of carbonyl (C=O) groups excluding carboxylic acids is 2. The molecule has 0 aliphatic carbocycles. The first-order valence-electron chi connectivity index (χ1n) is 9.16. The molecule has 0 spiro atoms. The van der Waals surface area contributed by atoms with Crippen molar-refractivity contribution in [2.45, 2.75) is 19.6 Å². The molecule has 162 valence electrons. The number of hydrogen-bond donors (Lipinski definition) is 1. The summed E-state index contributed by atoms with van der Waals surface area (Å²) in [6, 6.07) is 14.5. The second kappa shape index (κ2) is 10.7. The summed E-state index contributed by atoms with van der Waals surface area (Å²) in [4.78, 5) is 26.5. The van der Waals surface area contributed by atoms with E-state index >= 15 is 0 Å². The number of carbonyl (C=O) groups is 2. The fourth-order valence-corrected chi connectivity index (χ4v) is 2.45. The van der Waals surface area contributed by atoms with Crippen molar-refractivity contribution in [1.82, 2.24) is 0 Å². The minimum absolute atomic E-state index is 0.00673. The molecule has 0 saturated heterocycles. The van der Waals surface area contributed by atoms with E-state index in [0.717, 1.165) is 5.69 Å². The van der Waals surface area contributed by atoms with Gasteiger partial charge in [-0.1, -0.05) is 24.3 Å². The summed E-state index contributed by atoms with van der Waals surface area (Å²) >= 11 is 0. The number of alkyl halides is 2. The fourth-order valence-electron chi connectivity index (χ4n) is 2.45. The van der Waals surface area contributed by atoms with Crippen LogP contribution in [0.2, 0.25) is 0 Å². The highest BCUT2D eigenvalue weighted by Crippen LogP contribution is 2.25. The van der Waals surface area contributed by atoms with Gasteiger partial charge in [0.2, 0.25) is 0 Å². The van der Waals surface area contributed by atoms with Gasteiger partial charge in [-0.3, -0.25) is 4.79 Å². The molecular weight excluding hydrogens is 408 g/mol. The number of anilines is 2. The Bertz CT molecular complexity index is 999. The Hall–Kier alpha value is -3.93. The van der Waals surface area contributed by atoms with Gasteiger partial charge < -0.3 is 19.7 Å². The lowest BCUT2D eigenvalue weighted by Crippen LogP contribution is -2.30. The van der Waals surface area contributed by atoms with E-state index in [1.807, 2.05) is 31.1 Å². The lowest BCUT2D eigenvalue weighted by atomic mass is 10.1. The third kappa shape index (κ3) is 6.82. The molecule has 31 heavy (non-hydrogen) atoms. The molecular formula is C22H21F2N3O4. The number of amides is 1. The van der Waals surface area contributed by atoms with Crippen LogP contribution < -0.4 is 15.0 Å². The average Bonchev–Trinajstić information content (AvgIpc) is 2.73. The van der Waals surface area contributed by atoms with Gasteiger partial charge in [0.05, 0.1) is 5.69 Å². The second-order valence-corrected chi connectivity index (χ2v) is 6.57. The maximum atomic E-state index is 12.5. The van der Waals surface area contributed by atoms with Gasteiger partial charge >= 0.3 is 12.6 Å². The van der Waals surface area contributed by atoms with Gasteiger partial charge in [-0.15, -0.1) is 0 Å². The highest BCUT2D eigenvalue weighted by atomic mass is 19.3. The number of ether oxygens (including phenoxy) is 2. The molecule has 0 fully saturated rings. The summed E-state index contributed by atoms with van der Waals surface area (Å²) in [5.41, 5.74) is 1.25. The van der Waals surface area contributed by atoms with E-state index in [1.54, 1.807) is 18.2 Å². The molecule has 0 heterocycles. The average molecular weight is 429 g/mol. The number of nitriles is 1. The van der Waals surface area contributed by atoms with Crippen LogP contribution in [0.25, 0.3) is 6.08 Å². The Morgan fingerprint density at radius 1 is 1.13 bits per heavy atom. The predicted octanol–water partition coefficient (Wildman–Crippen LogP) is 3.83. The van der Waals surface area contributed by atoms with E-state index in [1.165, 1.54) is 37.3 Å². The number of rotatable bonds is 8. The van der Waals surface area contributed by atoms with Crippen molar-refractivity contribution in [2.75, 3.05) is 24.3 Å². The van der Waals surface area contributed by atoms with Crippen LogP contribution in [-0.4, -0.2) is 38.7 Å². The van der Waals surface area contributed by atoms with Gasteiger partial charge in [-0.25, -0.2) is 4.79 Å². The summed E-state index contributed by atoms with van der Waals surface area (Å²) in [6.07, 6.45) is 0.0537. The number of halogens is 2. The Morgan fingerprint density at radius 3 is 2.35 bits per heavy atom. The number of nitrogens with one attached hydrogen (secondary N) is 1. The van der Waals surface area contributed by atoms with Crippen LogP contribution in [0.5, 0.6) is 5.75 Å². The molecule has 0 bridgehead atoms. The summed E-state index contributed by atoms with van der Waals surface area (Å²) in [5, 5.41) is 11.7. The van der Waals surface area contributed by atoms with Crippen molar-refractivity contribution in [3.8, 4) is 11.8 Å². The lowest BCUT2D eigenvalue weighted by Gasteiger charge is -2.15. The van der Waals surface area contributed by atoms with E-state index in [0.29, 0.717) is 5.56 Å². The van der Waals surface area contributed by atoms with Crippen LogP contribution in [0.3, 0.4) is 0 Å². The summed E-state index contributed by atoms with van der Waals surface area (Å²) in [5.74, 6) is -1.99. The standard InChI is InChI=1S/C22H21F2N3O4/c1-14(20(28)26-18-6-4-5-7-19(18)31-22(23)24)30-21(29)16(13-25)12-15-8-10-17(11-9-15)27(2)3/h4-12,14,22H,1-3H3,(H,26,28)/b16-12+. The largest absolute Gasteiger partial charge is 0.448 e. The smallest absolute Gasteiger partial charge is 0.387 e. The van der Waals surface area contributed by atoms with Crippen LogP contribution in [0.1, 0.15) is 12.5 Å². The van der Waals surface area contributed by atoms with Gasteiger partial charge in [0.25, 0.3) is 5.91 Å². The molecule has 7 nitrogen and oxygen atoms in total. The first-order chi connectivity index (χ1) is 14.7. The fraction of sp³-hybridized carbons (Fsp3) is 0.227. The van der Waals surface area contributed by atoms with Gasteiger partial charge in [0.15, 0.2) is 6.10 Å². The van der Waals surface area contributed by atoms with E-state index in [9.17, 15) is 23.6 Å². The maximum absolute atomic E-state index is 12.5. The van der Waals surface area contributed by atoms with Crippen LogP contribution in [0, 0.1) is 11.3 Å². The molecule has 0 saturated carbocycles. The second-order valence-electron chi connectivity index (χ2n) is 6.57. The van der Waals surface area contributed by atoms with Gasteiger partial charge in [-0.05, 0) is 42.8 Å². The number of para-hydroxylation sites is 2. The monoisotopic (exact) mass is 429 g/mol. The highest BCUT2D eigenvalue weighted by molar-refractivity contribution is 6.01. The molecule has 2 aromatic carbocycles. The Kier molecular flexibility index (Phi) is 8.09. The molecule has 1 amide bonds. The van der Waals surface area contributed by atoms with Crippen LogP contribution in [0.15, 0.2) is 54.1 Å². The molecule has 0 aliphatic rings. The van der Waals surface area contributed by atoms with E-state index in [4.69, 9.17) is 4.74 Å². The highest BCUT2D eigenvalue weighted by Gasteiger charge is 2.22. The number of nitrogens with zero attached hydrogens (tertiary/aromatic N) is 2. The lowest BCUT2D eigenvalue weighted by molar-refractivity contribution is -0.148. The van der Waals surface area contributed by atoms with Crippen molar-refractivity contribution in [2.24, 2.45) is 0 Å². The molecule has 1 atom stereocenters. The number of esters is 1. The quantitative estimate of drug-likeness (QED) is 0.390. The van der Waals surface area contributed by atoms with Crippen molar-refractivity contribution in [3.63, 3.8) is 0 Å². The third-order valence-corrected chi connectivity index (χ3v) is 4.07. The van der Waals surface area contributed by atoms with Gasteiger partial charge in [0.1, 0.15) is 17.4 Å². The minimum Gasteiger partial charge on any atom is -0.448 e. The Balaban J connectivity index is 2.06. The molecule has 9 heteroatoms. The number of hydrogen-bond acceptors (Lipinski definition) is 6. The first-order valence-corrected chi connectivity index (χ1v) is 9.16. The van der Waals surface area contributed by atoms with E-state index in [-0.39, 0.29) is 17.0 Å². The SMILES string of the molecule is CC(OC(=O)/C(C#N)=C/c1ccc(N(C)C)cc1)C(=O)Nc1ccccc1OC(F)F. The molecule has 0 aliphatic heterocycles. The van der Waals surface area contributed by atoms with E-state index < -0.39 is 24.6 Å².